The van der Waals surface area contributed by atoms with Crippen molar-refractivity contribution in [1.29, 1.82) is 0 Å². The van der Waals surface area contributed by atoms with Gasteiger partial charge in [0.2, 0.25) is 5.78 Å². The smallest absolute Gasteiger partial charge is 0.201 e. The predicted octanol–water partition coefficient (Wildman–Crippen LogP) is 3.99. The van der Waals surface area contributed by atoms with Crippen LogP contribution in [0.25, 0.3) is 0 Å². The van der Waals surface area contributed by atoms with Gasteiger partial charge in [-0.15, -0.1) is 0 Å². The van der Waals surface area contributed by atoms with Gasteiger partial charge in [-0.25, -0.2) is 4.21 Å². The fourth-order valence-corrected chi connectivity index (χ4v) is 5.75. The van der Waals surface area contributed by atoms with Crippen molar-refractivity contribution in [3.8, 4) is 5.75 Å². The number of benzene rings is 1. The second kappa shape index (κ2) is 7.40. The Kier molecular flexibility index (Phi) is 5.39. The van der Waals surface area contributed by atoms with Crippen molar-refractivity contribution in [2.45, 2.75) is 32.1 Å². The summed E-state index contributed by atoms with van der Waals surface area (Å²) in [6.45, 7) is 0. The van der Waals surface area contributed by atoms with Crippen LogP contribution in [0.1, 0.15) is 42.5 Å². The second-order valence-corrected chi connectivity index (χ2v) is 9.31. The van der Waals surface area contributed by atoms with Crippen LogP contribution in [0.15, 0.2) is 27.8 Å². The number of ether oxygens (including phenoxy) is 1. The fourth-order valence-electron chi connectivity index (χ4n) is 3.21. The minimum Gasteiger partial charge on any atom is -0.511 e. The molecule has 26 heavy (non-hydrogen) atoms. The molecule has 1 N–H and O–H groups in total. The van der Waals surface area contributed by atoms with Gasteiger partial charge in [0.1, 0.15) is 22.8 Å². The molecule has 3 rings (SSSR count). The average molecular weight is 398 g/mol. The van der Waals surface area contributed by atoms with Crippen molar-refractivity contribution < 1.29 is 23.6 Å². The Balaban J connectivity index is 2.13. The van der Waals surface area contributed by atoms with Crippen molar-refractivity contribution in [3.05, 3.63) is 34.1 Å². The Labute approximate surface area is 157 Å². The molecule has 0 atom stereocenters. The van der Waals surface area contributed by atoms with Crippen LogP contribution in [0.4, 0.5) is 5.69 Å². The summed E-state index contributed by atoms with van der Waals surface area (Å²) in [5.74, 6) is 0.0284. The molecule has 6 nitrogen and oxygen atoms in total. The van der Waals surface area contributed by atoms with Crippen LogP contribution in [0.5, 0.6) is 5.75 Å². The minimum absolute atomic E-state index is 0.0114. The predicted molar refractivity (Wildman–Crippen MR) is 100 cm³/mol. The van der Waals surface area contributed by atoms with Crippen LogP contribution in [0.2, 0.25) is 5.02 Å². The molecule has 2 aliphatic rings. The van der Waals surface area contributed by atoms with Gasteiger partial charge in [0.25, 0.3) is 0 Å². The third kappa shape index (κ3) is 3.50. The zero-order valence-electron chi connectivity index (χ0n) is 14.4. The fraction of sp³-hybridized carbons (Fsp3) is 0.444. The zero-order chi connectivity index (χ0) is 18.9. The largest absolute Gasteiger partial charge is 0.511 e. The normalized spacial score (nSPS) is 19.5. The lowest BCUT2D eigenvalue weighted by Crippen LogP contribution is -2.20. The van der Waals surface area contributed by atoms with Crippen LogP contribution in [0, 0.1) is 0 Å². The summed E-state index contributed by atoms with van der Waals surface area (Å²) in [6.07, 6.45) is 2.67. The van der Waals surface area contributed by atoms with Gasteiger partial charge in [0, 0.05) is 29.9 Å². The molecule has 1 aromatic rings. The maximum atomic E-state index is 12.8. The van der Waals surface area contributed by atoms with E-state index in [4.69, 9.17) is 16.3 Å². The van der Waals surface area contributed by atoms with E-state index in [1.165, 1.54) is 19.2 Å². The first-order chi connectivity index (χ1) is 12.4. The first kappa shape index (κ1) is 18.9. The number of hydrogen-bond acceptors (Lipinski definition) is 6. The van der Waals surface area contributed by atoms with Crippen LogP contribution in [-0.2, 0) is 14.5 Å². The average Bonchev–Trinajstić information content (AvgIpc) is 3.03. The lowest BCUT2D eigenvalue weighted by Gasteiger charge is -2.16. The van der Waals surface area contributed by atoms with E-state index in [1.54, 1.807) is 0 Å². The maximum absolute atomic E-state index is 12.8. The molecule has 8 heteroatoms. The molecule has 0 saturated carbocycles. The summed E-state index contributed by atoms with van der Waals surface area (Å²) in [7, 11) is -0.993. The van der Waals surface area contributed by atoms with Crippen LogP contribution < -0.4 is 4.74 Å². The van der Waals surface area contributed by atoms with E-state index in [1.807, 2.05) is 0 Å². The molecular weight excluding hydrogens is 378 g/mol. The number of nitrogens with zero attached hydrogens (tertiary/aromatic N) is 1. The molecule has 140 valence electrons. The lowest BCUT2D eigenvalue weighted by atomic mass is 9.90. The van der Waals surface area contributed by atoms with E-state index >= 15 is 0 Å². The SMILES string of the molecule is COc1ccc(C(=O)C2=C(O)CCCC2=O)c(Cl)c1N=S1(=O)CCCC1. The van der Waals surface area contributed by atoms with Gasteiger partial charge >= 0.3 is 0 Å². The molecule has 1 fully saturated rings. The highest BCUT2D eigenvalue weighted by molar-refractivity contribution is 7.93. The van der Waals surface area contributed by atoms with Crippen molar-refractivity contribution >= 4 is 38.6 Å². The number of methoxy groups -OCH3 is 1. The van der Waals surface area contributed by atoms with E-state index in [0.29, 0.717) is 23.7 Å². The summed E-state index contributed by atoms with van der Waals surface area (Å²) in [6, 6.07) is 2.95. The van der Waals surface area contributed by atoms with E-state index in [-0.39, 0.29) is 40.4 Å². The third-order valence-electron chi connectivity index (χ3n) is 4.59. The lowest BCUT2D eigenvalue weighted by molar-refractivity contribution is -0.116. The Morgan fingerprint density at radius 2 is 1.92 bits per heavy atom. The van der Waals surface area contributed by atoms with Gasteiger partial charge in [-0.1, -0.05) is 11.6 Å². The number of carbonyl (C=O) groups excluding carboxylic acids is 2. The summed E-state index contributed by atoms with van der Waals surface area (Å²) in [5.41, 5.74) is -0.0152. The Hall–Kier alpha value is -1.86. The molecule has 0 radical (unpaired) electrons. The summed E-state index contributed by atoms with van der Waals surface area (Å²) in [5, 5.41) is 9.99. The summed E-state index contributed by atoms with van der Waals surface area (Å²) < 4.78 is 22.4. The van der Waals surface area contributed by atoms with Gasteiger partial charge in [0.05, 0.1) is 21.9 Å². The monoisotopic (exact) mass is 397 g/mol. The van der Waals surface area contributed by atoms with Gasteiger partial charge in [-0.2, -0.15) is 4.36 Å². The van der Waals surface area contributed by atoms with Gasteiger partial charge in [-0.3, -0.25) is 9.59 Å². The highest BCUT2D eigenvalue weighted by atomic mass is 35.5. The second-order valence-electron chi connectivity index (χ2n) is 6.38. The molecule has 0 spiro atoms. The van der Waals surface area contributed by atoms with Crippen LogP contribution in [-0.4, -0.2) is 39.5 Å². The first-order valence-electron chi connectivity index (χ1n) is 8.45. The highest BCUT2D eigenvalue weighted by Crippen LogP contribution is 2.40. The van der Waals surface area contributed by atoms with E-state index in [9.17, 15) is 18.9 Å². The van der Waals surface area contributed by atoms with Crippen LogP contribution >= 0.6 is 11.6 Å². The number of aliphatic hydroxyl groups excluding tert-OH is 1. The molecule has 1 aromatic carbocycles. The molecule has 0 unspecified atom stereocenters. The van der Waals surface area contributed by atoms with Crippen molar-refractivity contribution in [3.63, 3.8) is 0 Å². The number of hydrogen-bond donors (Lipinski definition) is 1. The molecular formula is C18H20ClNO5S. The van der Waals surface area contributed by atoms with Gasteiger partial charge in [0.15, 0.2) is 5.78 Å². The Bertz CT molecular complexity index is 916. The van der Waals surface area contributed by atoms with Crippen molar-refractivity contribution in [2.24, 2.45) is 4.36 Å². The van der Waals surface area contributed by atoms with E-state index in [0.717, 1.165) is 12.8 Å². The Morgan fingerprint density at radius 1 is 1.23 bits per heavy atom. The number of aliphatic hydroxyl groups is 1. The number of Topliss-reactive ketones (excluding diaryl/α,β-unsaturated/α-hetero) is 2. The molecule has 1 aliphatic heterocycles. The quantitative estimate of drug-likeness (QED) is 0.612. The summed E-state index contributed by atoms with van der Waals surface area (Å²) >= 11 is 6.41. The molecule has 0 aromatic heterocycles. The number of ketones is 2. The van der Waals surface area contributed by atoms with E-state index < -0.39 is 21.3 Å². The maximum Gasteiger partial charge on any atom is 0.201 e. The molecule has 1 saturated heterocycles. The summed E-state index contributed by atoms with van der Waals surface area (Å²) in [4.78, 5) is 24.9. The highest BCUT2D eigenvalue weighted by Gasteiger charge is 2.30. The standard InChI is InChI=1S/C18H20ClNO5S/c1-25-14-8-7-11(18(23)15-12(21)5-4-6-13(15)22)16(19)17(14)20-26(24)9-2-3-10-26/h7-8,21H,2-6,9-10H2,1H3. The Morgan fingerprint density at radius 3 is 2.54 bits per heavy atom. The number of rotatable bonds is 4. The molecule has 0 bridgehead atoms. The first-order valence-corrected chi connectivity index (χ1v) is 10.7. The zero-order valence-corrected chi connectivity index (χ0v) is 16.0. The topological polar surface area (TPSA) is 93.0 Å². The number of carbonyl (C=O) groups is 2. The number of allylic oxidation sites excluding steroid dienone is 2. The molecule has 1 heterocycles. The van der Waals surface area contributed by atoms with E-state index in [2.05, 4.69) is 4.36 Å². The molecule has 1 aliphatic carbocycles. The van der Waals surface area contributed by atoms with Crippen LogP contribution in [0.3, 0.4) is 0 Å². The van der Waals surface area contributed by atoms with Gasteiger partial charge < -0.3 is 9.84 Å². The minimum atomic E-state index is -2.43. The number of halogens is 1. The van der Waals surface area contributed by atoms with Crippen molar-refractivity contribution in [1.82, 2.24) is 0 Å². The third-order valence-corrected chi connectivity index (χ3v) is 7.34. The molecule has 0 amide bonds. The van der Waals surface area contributed by atoms with Crippen molar-refractivity contribution in [2.75, 3.05) is 18.6 Å². The van der Waals surface area contributed by atoms with Gasteiger partial charge in [-0.05, 0) is 31.4 Å².